The van der Waals surface area contributed by atoms with Crippen molar-refractivity contribution < 1.29 is 9.53 Å². The van der Waals surface area contributed by atoms with Gasteiger partial charge in [0.1, 0.15) is 11.4 Å². The van der Waals surface area contributed by atoms with Crippen molar-refractivity contribution in [1.29, 1.82) is 0 Å². The molecule has 1 heterocycles. The molecule has 1 amide bonds. The van der Waals surface area contributed by atoms with Gasteiger partial charge in [0.25, 0.3) is 5.91 Å². The molecule has 1 aromatic heterocycles. The van der Waals surface area contributed by atoms with E-state index in [0.717, 1.165) is 24.4 Å². The molecule has 0 saturated carbocycles. The van der Waals surface area contributed by atoms with Crippen molar-refractivity contribution in [2.75, 3.05) is 39.6 Å². The van der Waals surface area contributed by atoms with E-state index in [0.29, 0.717) is 18.2 Å². The Morgan fingerprint density at radius 3 is 2.88 bits per heavy atom. The van der Waals surface area contributed by atoms with Gasteiger partial charge in [0.15, 0.2) is 0 Å². The fourth-order valence-corrected chi connectivity index (χ4v) is 2.06. The third kappa shape index (κ3) is 5.51. The molecule has 0 atom stereocenters. The van der Waals surface area contributed by atoms with Gasteiger partial charge in [0.05, 0.1) is 7.11 Å². The van der Waals surface area contributed by atoms with Crippen LogP contribution in [0.5, 0.6) is 5.75 Å². The summed E-state index contributed by atoms with van der Waals surface area (Å²) in [6.07, 6.45) is 2.45. The number of amides is 1. The van der Waals surface area contributed by atoms with Gasteiger partial charge < -0.3 is 20.3 Å². The van der Waals surface area contributed by atoms with Crippen LogP contribution in [0.15, 0.2) is 36.5 Å². The minimum atomic E-state index is -0.204. The Labute approximate surface area is 142 Å². The number of nitrogens with zero attached hydrogens (tertiary/aromatic N) is 3. The van der Waals surface area contributed by atoms with Crippen LogP contribution in [0.25, 0.3) is 0 Å². The van der Waals surface area contributed by atoms with Gasteiger partial charge in [0.2, 0.25) is 5.95 Å². The fourth-order valence-electron chi connectivity index (χ4n) is 2.06. The zero-order chi connectivity index (χ0) is 17.4. The van der Waals surface area contributed by atoms with Gasteiger partial charge in [-0.3, -0.25) is 4.79 Å². The van der Waals surface area contributed by atoms with E-state index in [1.54, 1.807) is 19.4 Å². The van der Waals surface area contributed by atoms with Gasteiger partial charge in [0, 0.05) is 24.5 Å². The molecule has 7 nitrogen and oxygen atoms in total. The van der Waals surface area contributed by atoms with E-state index in [1.165, 1.54) is 0 Å². The van der Waals surface area contributed by atoms with E-state index in [9.17, 15) is 4.79 Å². The fraction of sp³-hybridized carbons (Fsp3) is 0.353. The maximum absolute atomic E-state index is 12.1. The lowest BCUT2D eigenvalue weighted by Crippen LogP contribution is -2.28. The minimum Gasteiger partial charge on any atom is -0.497 e. The molecule has 0 unspecified atom stereocenters. The van der Waals surface area contributed by atoms with Crippen molar-refractivity contribution in [3.63, 3.8) is 0 Å². The normalized spacial score (nSPS) is 10.5. The summed E-state index contributed by atoms with van der Waals surface area (Å²) in [7, 11) is 5.61. The van der Waals surface area contributed by atoms with Crippen molar-refractivity contribution in [1.82, 2.24) is 20.2 Å². The molecular formula is C17H23N5O2. The number of hydrogen-bond acceptors (Lipinski definition) is 6. The van der Waals surface area contributed by atoms with Crippen LogP contribution in [-0.4, -0.2) is 55.1 Å². The van der Waals surface area contributed by atoms with Crippen LogP contribution in [0.1, 0.15) is 16.9 Å². The highest BCUT2D eigenvalue weighted by atomic mass is 16.5. The first-order valence-corrected chi connectivity index (χ1v) is 7.75. The van der Waals surface area contributed by atoms with E-state index >= 15 is 0 Å². The number of carbonyl (C=O) groups is 1. The van der Waals surface area contributed by atoms with Gasteiger partial charge in [-0.2, -0.15) is 0 Å². The molecule has 0 aliphatic carbocycles. The summed E-state index contributed by atoms with van der Waals surface area (Å²) in [5.41, 5.74) is 1.12. The molecule has 2 rings (SSSR count). The summed E-state index contributed by atoms with van der Waals surface area (Å²) in [4.78, 5) is 22.6. The lowest BCUT2D eigenvalue weighted by atomic mass is 10.3. The Morgan fingerprint density at radius 2 is 2.12 bits per heavy atom. The summed E-state index contributed by atoms with van der Waals surface area (Å²) in [6.45, 7) is 1.53. The molecule has 0 aliphatic heterocycles. The van der Waals surface area contributed by atoms with Crippen molar-refractivity contribution in [3.8, 4) is 5.75 Å². The number of methoxy groups -OCH3 is 1. The van der Waals surface area contributed by atoms with Crippen molar-refractivity contribution in [3.05, 3.63) is 42.2 Å². The average Bonchev–Trinajstić information content (AvgIpc) is 2.58. The summed E-state index contributed by atoms with van der Waals surface area (Å²) in [5.74, 6) is 0.892. The van der Waals surface area contributed by atoms with Crippen LogP contribution < -0.4 is 15.4 Å². The maximum Gasteiger partial charge on any atom is 0.270 e. The predicted octanol–water partition coefficient (Wildman–Crippen LogP) is 1.91. The number of carbonyl (C=O) groups excluding carboxylic acids is 1. The smallest absolute Gasteiger partial charge is 0.270 e. The topological polar surface area (TPSA) is 79.4 Å². The highest BCUT2D eigenvalue weighted by molar-refractivity contribution is 5.92. The second-order valence-corrected chi connectivity index (χ2v) is 5.54. The number of benzene rings is 1. The third-order valence-corrected chi connectivity index (χ3v) is 3.28. The highest BCUT2D eigenvalue weighted by Gasteiger charge is 2.08. The molecule has 0 bridgehead atoms. The van der Waals surface area contributed by atoms with Crippen LogP contribution in [-0.2, 0) is 0 Å². The third-order valence-electron chi connectivity index (χ3n) is 3.28. The van der Waals surface area contributed by atoms with Gasteiger partial charge >= 0.3 is 0 Å². The predicted molar refractivity (Wildman–Crippen MR) is 93.8 cm³/mol. The molecule has 2 aromatic rings. The van der Waals surface area contributed by atoms with Crippen LogP contribution in [0.2, 0.25) is 0 Å². The van der Waals surface area contributed by atoms with E-state index < -0.39 is 0 Å². The van der Waals surface area contributed by atoms with Gasteiger partial charge in [-0.1, -0.05) is 6.07 Å². The first-order chi connectivity index (χ1) is 11.6. The molecule has 2 N–H and O–H groups in total. The summed E-state index contributed by atoms with van der Waals surface area (Å²) < 4.78 is 5.18. The Hall–Kier alpha value is -2.67. The lowest BCUT2D eigenvalue weighted by Gasteiger charge is -2.10. The Balaban J connectivity index is 1.96. The van der Waals surface area contributed by atoms with E-state index in [-0.39, 0.29) is 5.91 Å². The molecule has 24 heavy (non-hydrogen) atoms. The monoisotopic (exact) mass is 329 g/mol. The van der Waals surface area contributed by atoms with Gasteiger partial charge in [-0.05, 0) is 45.3 Å². The number of hydrogen-bond donors (Lipinski definition) is 2. The zero-order valence-corrected chi connectivity index (χ0v) is 14.2. The summed E-state index contributed by atoms with van der Waals surface area (Å²) >= 11 is 0. The van der Waals surface area contributed by atoms with E-state index in [2.05, 4.69) is 25.5 Å². The Bertz CT molecular complexity index is 676. The van der Waals surface area contributed by atoms with E-state index in [1.807, 2.05) is 38.4 Å². The summed E-state index contributed by atoms with van der Waals surface area (Å²) in [6, 6.07) is 9.02. The van der Waals surface area contributed by atoms with Crippen LogP contribution in [0.4, 0.5) is 11.6 Å². The molecular weight excluding hydrogens is 306 g/mol. The molecule has 128 valence electrons. The number of rotatable bonds is 8. The number of nitrogens with one attached hydrogen (secondary N) is 2. The van der Waals surface area contributed by atoms with Crippen LogP contribution in [0.3, 0.4) is 0 Å². The van der Waals surface area contributed by atoms with E-state index in [4.69, 9.17) is 4.74 Å². The van der Waals surface area contributed by atoms with Crippen LogP contribution in [0, 0.1) is 0 Å². The largest absolute Gasteiger partial charge is 0.497 e. The van der Waals surface area contributed by atoms with Gasteiger partial charge in [-0.25, -0.2) is 9.97 Å². The second-order valence-electron chi connectivity index (χ2n) is 5.54. The molecule has 1 aromatic carbocycles. The minimum absolute atomic E-state index is 0.204. The van der Waals surface area contributed by atoms with Crippen molar-refractivity contribution >= 4 is 17.5 Å². The second kappa shape index (κ2) is 8.83. The maximum atomic E-state index is 12.1. The standard InChI is InChI=1S/C17H23N5O2/c1-22(2)11-5-9-18-16(23)15-8-10-19-17(21-15)20-13-6-4-7-14(12-13)24-3/h4,6-8,10,12H,5,9,11H2,1-3H3,(H,18,23)(H,19,20,21). The number of anilines is 2. The quantitative estimate of drug-likeness (QED) is 0.720. The lowest BCUT2D eigenvalue weighted by molar-refractivity contribution is 0.0947. The molecule has 0 spiro atoms. The number of ether oxygens (including phenoxy) is 1. The number of aromatic nitrogens is 2. The highest BCUT2D eigenvalue weighted by Crippen LogP contribution is 2.19. The SMILES string of the molecule is COc1cccc(Nc2nccc(C(=O)NCCCN(C)C)n2)c1. The Morgan fingerprint density at radius 1 is 1.29 bits per heavy atom. The molecule has 7 heteroatoms. The zero-order valence-electron chi connectivity index (χ0n) is 14.2. The first kappa shape index (κ1) is 17.7. The first-order valence-electron chi connectivity index (χ1n) is 7.75. The molecule has 0 saturated heterocycles. The van der Waals surface area contributed by atoms with Crippen LogP contribution >= 0.6 is 0 Å². The molecule has 0 fully saturated rings. The average molecular weight is 329 g/mol. The summed E-state index contributed by atoms with van der Waals surface area (Å²) in [5, 5.41) is 5.93. The van der Waals surface area contributed by atoms with Gasteiger partial charge in [-0.15, -0.1) is 0 Å². The molecule has 0 radical (unpaired) electrons. The Kier molecular flexibility index (Phi) is 6.51. The molecule has 0 aliphatic rings. The van der Waals surface area contributed by atoms with Crippen molar-refractivity contribution in [2.24, 2.45) is 0 Å². The van der Waals surface area contributed by atoms with Crippen molar-refractivity contribution in [2.45, 2.75) is 6.42 Å².